The minimum absolute atomic E-state index is 0.0480. The van der Waals surface area contributed by atoms with Crippen LogP contribution in [-0.4, -0.2) is 61.5 Å². The van der Waals surface area contributed by atoms with E-state index in [1.165, 1.54) is 4.80 Å². The fraction of sp³-hybridized carbons (Fsp3) is 0.364. The van der Waals surface area contributed by atoms with Gasteiger partial charge in [-0.05, 0) is 17.7 Å². The second kappa shape index (κ2) is 6.37. The van der Waals surface area contributed by atoms with E-state index in [1.807, 2.05) is 59.5 Å². The Morgan fingerprint density at radius 3 is 2.50 bits per heavy atom. The number of hydrogen-bond donors (Lipinski definition) is 0. The first-order valence-corrected chi connectivity index (χ1v) is 10.3. The van der Waals surface area contributed by atoms with Gasteiger partial charge in [0.25, 0.3) is 0 Å². The Bertz CT molecular complexity index is 1110. The zero-order valence-corrected chi connectivity index (χ0v) is 16.3. The van der Waals surface area contributed by atoms with E-state index in [-0.39, 0.29) is 30.4 Å². The summed E-state index contributed by atoms with van der Waals surface area (Å²) >= 11 is 0. The second-order valence-corrected chi connectivity index (χ2v) is 8.12. The molecule has 0 saturated carbocycles. The van der Waals surface area contributed by atoms with Crippen LogP contribution in [0, 0.1) is 0 Å². The number of aromatic nitrogens is 3. The predicted molar refractivity (Wildman–Crippen MR) is 107 cm³/mol. The highest BCUT2D eigenvalue weighted by Crippen LogP contribution is 2.51. The number of likely N-dealkylation sites (tertiary alicyclic amines) is 1. The summed E-state index contributed by atoms with van der Waals surface area (Å²) in [7, 11) is 0. The van der Waals surface area contributed by atoms with Crippen molar-refractivity contribution in [3.63, 3.8) is 0 Å². The van der Waals surface area contributed by atoms with Crippen LogP contribution in [0.2, 0.25) is 0 Å². The normalized spacial score (nSPS) is 27.7. The van der Waals surface area contributed by atoms with E-state index >= 15 is 0 Å². The third-order valence-electron chi connectivity index (χ3n) is 6.56. The van der Waals surface area contributed by atoms with Gasteiger partial charge in [0.05, 0.1) is 25.1 Å². The largest absolute Gasteiger partial charge is 0.351 e. The van der Waals surface area contributed by atoms with E-state index < -0.39 is 5.72 Å². The van der Waals surface area contributed by atoms with Crippen LogP contribution in [0.3, 0.4) is 0 Å². The van der Waals surface area contributed by atoms with Gasteiger partial charge in [-0.3, -0.25) is 9.59 Å². The molecular formula is C22H21N5O3. The fourth-order valence-electron chi connectivity index (χ4n) is 5.25. The number of hydrogen-bond acceptors (Lipinski definition) is 5. The SMILES string of the molecule is O=C(Cn1nc2ccccc2n1)N1CC[C@@]23OC[C@@H](c4ccccc4)N2C(=O)C[C@@H]13. The highest BCUT2D eigenvalue weighted by molar-refractivity contribution is 5.85. The summed E-state index contributed by atoms with van der Waals surface area (Å²) in [5.74, 6) is -0.0367. The van der Waals surface area contributed by atoms with Crippen LogP contribution >= 0.6 is 0 Å². The molecule has 0 bridgehead atoms. The van der Waals surface area contributed by atoms with Crippen molar-refractivity contribution in [1.82, 2.24) is 24.8 Å². The monoisotopic (exact) mass is 403 g/mol. The van der Waals surface area contributed by atoms with E-state index in [1.54, 1.807) is 4.90 Å². The fourth-order valence-corrected chi connectivity index (χ4v) is 5.25. The lowest BCUT2D eigenvalue weighted by Crippen LogP contribution is -2.49. The minimum Gasteiger partial charge on any atom is -0.351 e. The van der Waals surface area contributed by atoms with Gasteiger partial charge >= 0.3 is 0 Å². The minimum atomic E-state index is -0.713. The van der Waals surface area contributed by atoms with E-state index in [0.29, 0.717) is 26.0 Å². The third kappa shape index (κ3) is 2.43. The number of amides is 2. The van der Waals surface area contributed by atoms with Crippen molar-refractivity contribution in [2.45, 2.75) is 37.2 Å². The zero-order chi connectivity index (χ0) is 20.3. The summed E-state index contributed by atoms with van der Waals surface area (Å²) in [6, 6.07) is 17.1. The van der Waals surface area contributed by atoms with Gasteiger partial charge in [0.1, 0.15) is 17.6 Å². The molecule has 2 aromatic carbocycles. The number of benzene rings is 2. The van der Waals surface area contributed by atoms with Crippen molar-refractivity contribution in [3.05, 3.63) is 60.2 Å². The molecule has 2 amide bonds. The van der Waals surface area contributed by atoms with Crippen LogP contribution < -0.4 is 0 Å². The molecule has 0 N–H and O–H groups in total. The molecule has 30 heavy (non-hydrogen) atoms. The van der Waals surface area contributed by atoms with Crippen molar-refractivity contribution < 1.29 is 14.3 Å². The van der Waals surface area contributed by atoms with Crippen LogP contribution in [0.15, 0.2) is 54.6 Å². The molecule has 0 radical (unpaired) electrons. The molecule has 6 rings (SSSR count). The van der Waals surface area contributed by atoms with Gasteiger partial charge in [-0.25, -0.2) is 0 Å². The number of fused-ring (bicyclic) bond motifs is 1. The van der Waals surface area contributed by atoms with Crippen molar-refractivity contribution in [2.24, 2.45) is 0 Å². The van der Waals surface area contributed by atoms with Gasteiger partial charge in [-0.1, -0.05) is 42.5 Å². The van der Waals surface area contributed by atoms with Gasteiger partial charge in [-0.2, -0.15) is 15.0 Å². The molecule has 3 aliphatic rings. The van der Waals surface area contributed by atoms with Crippen LogP contribution in [0.25, 0.3) is 11.0 Å². The Kier molecular flexibility index (Phi) is 3.73. The molecule has 3 fully saturated rings. The summed E-state index contributed by atoms with van der Waals surface area (Å²) in [5, 5.41) is 8.78. The Labute approximate surface area is 173 Å². The Morgan fingerprint density at radius 2 is 1.77 bits per heavy atom. The molecule has 8 heteroatoms. The Hall–Kier alpha value is -3.26. The van der Waals surface area contributed by atoms with Gasteiger partial charge in [0, 0.05) is 13.0 Å². The summed E-state index contributed by atoms with van der Waals surface area (Å²) in [5.41, 5.74) is 1.88. The summed E-state index contributed by atoms with van der Waals surface area (Å²) in [6.45, 7) is 1.08. The quantitative estimate of drug-likeness (QED) is 0.665. The third-order valence-corrected chi connectivity index (χ3v) is 6.56. The zero-order valence-electron chi connectivity index (χ0n) is 16.3. The van der Waals surface area contributed by atoms with Crippen molar-refractivity contribution in [1.29, 1.82) is 0 Å². The highest BCUT2D eigenvalue weighted by Gasteiger charge is 2.65. The van der Waals surface area contributed by atoms with Crippen molar-refractivity contribution >= 4 is 22.8 Å². The molecule has 0 unspecified atom stereocenters. The summed E-state index contributed by atoms with van der Waals surface area (Å²) < 4.78 is 6.28. The van der Waals surface area contributed by atoms with Gasteiger partial charge in [0.2, 0.25) is 11.8 Å². The lowest BCUT2D eigenvalue weighted by molar-refractivity contribution is -0.141. The molecule has 1 spiro atoms. The first kappa shape index (κ1) is 17.6. The standard InChI is InChI=1S/C22H21N5O3/c28-20-12-19-22(27(20)18(14-30-22)15-6-2-1-3-7-15)10-11-25(19)21(29)13-26-23-16-8-4-5-9-17(16)24-26/h1-9,18-19H,10-14H2/t18-,19+,22-/m0/s1. The summed E-state index contributed by atoms with van der Waals surface area (Å²) in [6.07, 6.45) is 0.927. The van der Waals surface area contributed by atoms with E-state index in [2.05, 4.69) is 10.2 Å². The molecule has 3 aliphatic heterocycles. The smallest absolute Gasteiger partial charge is 0.246 e. The number of nitrogens with zero attached hydrogens (tertiary/aromatic N) is 5. The van der Waals surface area contributed by atoms with E-state index in [0.717, 1.165) is 16.6 Å². The molecule has 1 aromatic heterocycles. The van der Waals surface area contributed by atoms with Crippen LogP contribution in [-0.2, 0) is 20.9 Å². The second-order valence-electron chi connectivity index (χ2n) is 8.12. The molecule has 152 valence electrons. The number of carbonyl (C=O) groups excluding carboxylic acids is 2. The van der Waals surface area contributed by atoms with Crippen molar-refractivity contribution in [3.8, 4) is 0 Å². The predicted octanol–water partition coefficient (Wildman–Crippen LogP) is 1.73. The number of carbonyl (C=O) groups is 2. The average Bonchev–Trinajstić information content (AvgIpc) is 3.48. The maximum atomic E-state index is 13.1. The molecule has 8 nitrogen and oxygen atoms in total. The number of rotatable bonds is 3. The molecule has 3 saturated heterocycles. The van der Waals surface area contributed by atoms with Crippen molar-refractivity contribution in [2.75, 3.05) is 13.2 Å². The van der Waals surface area contributed by atoms with Gasteiger partial charge in [-0.15, -0.1) is 0 Å². The maximum absolute atomic E-state index is 13.1. The molecule has 3 aromatic rings. The van der Waals surface area contributed by atoms with Crippen LogP contribution in [0.5, 0.6) is 0 Å². The molecular weight excluding hydrogens is 382 g/mol. The first-order chi connectivity index (χ1) is 14.7. The maximum Gasteiger partial charge on any atom is 0.246 e. The molecule has 0 aliphatic carbocycles. The van der Waals surface area contributed by atoms with Crippen LogP contribution in [0.4, 0.5) is 0 Å². The van der Waals surface area contributed by atoms with Gasteiger partial charge < -0.3 is 14.5 Å². The lowest BCUT2D eigenvalue weighted by atomic mass is 10.0. The first-order valence-electron chi connectivity index (χ1n) is 10.3. The molecule has 4 heterocycles. The number of ether oxygens (including phenoxy) is 1. The topological polar surface area (TPSA) is 80.6 Å². The van der Waals surface area contributed by atoms with Crippen LogP contribution in [0.1, 0.15) is 24.4 Å². The van der Waals surface area contributed by atoms with E-state index in [4.69, 9.17) is 4.74 Å². The average molecular weight is 403 g/mol. The van der Waals surface area contributed by atoms with Gasteiger partial charge in [0.15, 0.2) is 5.72 Å². The Balaban J connectivity index is 1.25. The van der Waals surface area contributed by atoms with E-state index in [9.17, 15) is 9.59 Å². The molecule has 3 atom stereocenters. The Morgan fingerprint density at radius 1 is 1.07 bits per heavy atom. The lowest BCUT2D eigenvalue weighted by Gasteiger charge is -2.33. The summed E-state index contributed by atoms with van der Waals surface area (Å²) in [4.78, 5) is 31.2. The highest BCUT2D eigenvalue weighted by atomic mass is 16.5.